The summed E-state index contributed by atoms with van der Waals surface area (Å²) in [7, 11) is 0. The zero-order valence-electron chi connectivity index (χ0n) is 22.2. The third-order valence-corrected chi connectivity index (χ3v) is 9.61. The second-order valence-electron chi connectivity index (χ2n) is 11.8. The second-order valence-corrected chi connectivity index (χ2v) is 13.5. The second kappa shape index (κ2) is 10.6. The molecule has 37 heavy (non-hydrogen) atoms. The average Bonchev–Trinajstić information content (AvgIpc) is 2.98. The number of benzene rings is 2. The number of rotatable bonds is 6. The summed E-state index contributed by atoms with van der Waals surface area (Å²) in [5.41, 5.74) is 3.61. The summed E-state index contributed by atoms with van der Waals surface area (Å²) in [6, 6.07) is 12.1. The summed E-state index contributed by atoms with van der Waals surface area (Å²) in [6.45, 7) is 12.0. The minimum absolute atomic E-state index is 0.114. The molecule has 2 aromatic carbocycles. The molecule has 1 fully saturated rings. The fourth-order valence-corrected chi connectivity index (χ4v) is 7.39. The van der Waals surface area contributed by atoms with E-state index in [1.165, 1.54) is 24.0 Å². The first-order valence-electron chi connectivity index (χ1n) is 13.4. The van der Waals surface area contributed by atoms with Crippen LogP contribution in [-0.2, 0) is 16.6 Å². The van der Waals surface area contributed by atoms with Gasteiger partial charge in [0.05, 0.1) is 17.9 Å². The molecule has 0 bridgehead atoms. The van der Waals surface area contributed by atoms with Gasteiger partial charge in [-0.3, -0.25) is 0 Å². The fraction of sp³-hybridized carbons (Fsp3) is 0.516. The highest BCUT2D eigenvalue weighted by Crippen LogP contribution is 2.46. The maximum absolute atomic E-state index is 13.0. The molecule has 0 unspecified atom stereocenters. The lowest BCUT2D eigenvalue weighted by molar-refractivity contribution is 0.00695. The number of ether oxygens (including phenoxy) is 2. The maximum Gasteiger partial charge on any atom is 0.338 e. The smallest absolute Gasteiger partial charge is 0.338 e. The molecule has 0 amide bonds. The fourth-order valence-electron chi connectivity index (χ4n) is 6.02. The maximum atomic E-state index is 13.0. The van der Waals surface area contributed by atoms with E-state index in [9.17, 15) is 4.79 Å². The Morgan fingerprint density at radius 3 is 2.84 bits per heavy atom. The Bertz CT molecular complexity index is 1180. The van der Waals surface area contributed by atoms with E-state index < -0.39 is 5.60 Å². The molecular weight excluding hydrogens is 502 g/mol. The molecule has 0 N–H and O–H groups in total. The van der Waals surface area contributed by atoms with E-state index in [0.717, 1.165) is 54.6 Å². The van der Waals surface area contributed by atoms with Gasteiger partial charge in [-0.2, -0.15) is 11.8 Å². The molecular formula is C31H38ClNO3S. The van der Waals surface area contributed by atoms with E-state index in [1.807, 2.05) is 62.9 Å². The van der Waals surface area contributed by atoms with Crippen molar-refractivity contribution in [1.82, 2.24) is 0 Å². The van der Waals surface area contributed by atoms with Crippen molar-refractivity contribution in [2.24, 2.45) is 5.92 Å². The third-order valence-electron chi connectivity index (χ3n) is 7.90. The molecule has 1 aliphatic heterocycles. The number of hydrogen-bond acceptors (Lipinski definition) is 5. The highest BCUT2D eigenvalue weighted by molar-refractivity contribution is 8.00. The van der Waals surface area contributed by atoms with Gasteiger partial charge in [-0.25, -0.2) is 4.79 Å². The predicted molar refractivity (Wildman–Crippen MR) is 155 cm³/mol. The number of esters is 1. The van der Waals surface area contributed by atoms with Gasteiger partial charge in [-0.15, -0.1) is 6.58 Å². The molecule has 0 aromatic heterocycles. The van der Waals surface area contributed by atoms with Crippen LogP contribution in [0.25, 0.3) is 0 Å². The van der Waals surface area contributed by atoms with E-state index in [4.69, 9.17) is 21.1 Å². The lowest BCUT2D eigenvalue weighted by atomic mass is 9.70. The Labute approximate surface area is 230 Å². The van der Waals surface area contributed by atoms with Crippen molar-refractivity contribution >= 4 is 35.0 Å². The van der Waals surface area contributed by atoms with E-state index in [-0.39, 0.29) is 11.4 Å². The topological polar surface area (TPSA) is 38.8 Å². The molecule has 3 atom stereocenters. The summed E-state index contributed by atoms with van der Waals surface area (Å²) >= 11 is 8.40. The van der Waals surface area contributed by atoms with Crippen LogP contribution in [0.2, 0.25) is 5.02 Å². The summed E-state index contributed by atoms with van der Waals surface area (Å²) in [6.07, 6.45) is 7.73. The van der Waals surface area contributed by atoms with E-state index in [0.29, 0.717) is 23.3 Å². The van der Waals surface area contributed by atoms with E-state index in [2.05, 4.69) is 23.6 Å². The number of anilines is 1. The Balaban J connectivity index is 1.51. The Morgan fingerprint density at radius 1 is 1.27 bits per heavy atom. The van der Waals surface area contributed by atoms with Crippen molar-refractivity contribution < 1.29 is 14.3 Å². The van der Waals surface area contributed by atoms with E-state index >= 15 is 0 Å². The van der Waals surface area contributed by atoms with Crippen molar-refractivity contribution in [3.8, 4) is 5.75 Å². The van der Waals surface area contributed by atoms with Gasteiger partial charge in [-0.1, -0.05) is 23.7 Å². The molecule has 3 aliphatic rings. The van der Waals surface area contributed by atoms with Crippen molar-refractivity contribution in [2.75, 3.05) is 30.3 Å². The highest BCUT2D eigenvalue weighted by Gasteiger charge is 2.43. The van der Waals surface area contributed by atoms with Crippen molar-refractivity contribution in [1.29, 1.82) is 0 Å². The zero-order chi connectivity index (χ0) is 26.2. The Hall–Kier alpha value is -2.11. The SMILES string of the molecule is C=CCS[C@@H]1CC[C@@H]1CN1C[C@@]2(CCCc3cc(Cl)ccc32)COc2ccc(C(=O)OC(C)(C)C)cc21. The van der Waals surface area contributed by atoms with Crippen molar-refractivity contribution in [3.05, 3.63) is 70.8 Å². The molecule has 1 saturated carbocycles. The number of carbonyl (C=O) groups is 1. The first-order chi connectivity index (χ1) is 17.7. The zero-order valence-corrected chi connectivity index (χ0v) is 23.8. The lowest BCUT2D eigenvalue weighted by Gasteiger charge is -2.44. The molecule has 5 rings (SSSR count). The molecule has 6 heteroatoms. The van der Waals surface area contributed by atoms with Gasteiger partial charge in [0.1, 0.15) is 11.4 Å². The summed E-state index contributed by atoms with van der Waals surface area (Å²) < 4.78 is 12.3. The molecule has 1 spiro atoms. The third kappa shape index (κ3) is 5.68. The summed E-state index contributed by atoms with van der Waals surface area (Å²) in [4.78, 5) is 15.5. The minimum atomic E-state index is -0.543. The van der Waals surface area contributed by atoms with Crippen molar-refractivity contribution in [3.63, 3.8) is 0 Å². The quantitative estimate of drug-likeness (QED) is 0.281. The van der Waals surface area contributed by atoms with Gasteiger partial charge in [0.25, 0.3) is 0 Å². The van der Waals surface area contributed by atoms with Gasteiger partial charge >= 0.3 is 5.97 Å². The Kier molecular flexibility index (Phi) is 7.57. The Morgan fingerprint density at radius 2 is 2.11 bits per heavy atom. The van der Waals surface area contributed by atoms with E-state index in [1.54, 1.807) is 0 Å². The molecule has 2 aliphatic carbocycles. The van der Waals surface area contributed by atoms with Gasteiger partial charge in [-0.05, 0) is 100 Å². The molecule has 1 heterocycles. The number of fused-ring (bicyclic) bond motifs is 3. The molecule has 0 saturated heterocycles. The van der Waals surface area contributed by atoms with Crippen LogP contribution in [0.5, 0.6) is 5.75 Å². The molecule has 4 nitrogen and oxygen atoms in total. The number of carbonyl (C=O) groups excluding carboxylic acids is 1. The van der Waals surface area contributed by atoms with Crippen LogP contribution < -0.4 is 9.64 Å². The van der Waals surface area contributed by atoms with Crippen LogP contribution >= 0.6 is 23.4 Å². The van der Waals surface area contributed by atoms with Gasteiger partial charge in [0.15, 0.2) is 0 Å². The van der Waals surface area contributed by atoms with Crippen molar-refractivity contribution in [2.45, 2.75) is 69.1 Å². The predicted octanol–water partition coefficient (Wildman–Crippen LogP) is 7.47. The summed E-state index contributed by atoms with van der Waals surface area (Å²) in [5, 5.41) is 1.44. The largest absolute Gasteiger partial charge is 0.490 e. The van der Waals surface area contributed by atoms with Gasteiger partial charge < -0.3 is 14.4 Å². The first-order valence-corrected chi connectivity index (χ1v) is 14.9. The number of hydrogen-bond donors (Lipinski definition) is 0. The molecule has 0 radical (unpaired) electrons. The van der Waals surface area contributed by atoms with Crippen LogP contribution in [0.1, 0.15) is 67.9 Å². The van der Waals surface area contributed by atoms with Crippen LogP contribution in [0.3, 0.4) is 0 Å². The van der Waals surface area contributed by atoms with Gasteiger partial charge in [0, 0.05) is 34.5 Å². The monoisotopic (exact) mass is 539 g/mol. The lowest BCUT2D eigenvalue weighted by Crippen LogP contribution is -2.49. The molecule has 198 valence electrons. The van der Waals surface area contributed by atoms with Crippen LogP contribution in [-0.4, -0.2) is 42.3 Å². The average molecular weight is 540 g/mol. The standard InChI is InChI=1S/C31H38ClNO3S/c1-5-15-37-28-13-9-23(28)18-33-19-31(14-6-7-21-16-24(32)10-11-25(21)31)20-35-27-12-8-22(17-26(27)33)29(34)36-30(2,3)4/h5,8,10-12,16-17,23,28H,1,6-7,9,13-15,18-20H2,2-4H3/t23-,28-,31+/m1/s1. The van der Waals surface area contributed by atoms with Crippen LogP contribution in [0, 0.1) is 5.92 Å². The number of thioether (sulfide) groups is 1. The highest BCUT2D eigenvalue weighted by atomic mass is 35.5. The van der Waals surface area contributed by atoms with Crippen LogP contribution in [0.15, 0.2) is 49.1 Å². The molecule has 2 aromatic rings. The number of aryl methyl sites for hydroxylation is 1. The van der Waals surface area contributed by atoms with Gasteiger partial charge in [0.2, 0.25) is 0 Å². The first kappa shape index (κ1) is 26.5. The minimum Gasteiger partial charge on any atom is -0.490 e. The number of halogens is 1. The normalized spacial score (nSPS) is 24.8. The van der Waals surface area contributed by atoms with Crippen LogP contribution in [0.4, 0.5) is 5.69 Å². The summed E-state index contributed by atoms with van der Waals surface area (Å²) in [5.74, 6) is 2.14. The number of nitrogens with zero attached hydrogens (tertiary/aromatic N) is 1.